The highest BCUT2D eigenvalue weighted by atomic mass is 35.5. The zero-order valence-electron chi connectivity index (χ0n) is 8.14. The quantitative estimate of drug-likeness (QED) is 0.769. The maximum absolute atomic E-state index is 12.6. The molecule has 0 saturated carbocycles. The molecule has 0 amide bonds. The Kier molecular flexibility index (Phi) is 2.75. The van der Waals surface area contributed by atoms with Gasteiger partial charge < -0.3 is 10.5 Å². The van der Waals surface area contributed by atoms with E-state index in [1.54, 1.807) is 0 Å². The molecule has 6 heteroatoms. The average molecular weight is 252 g/mol. The zero-order chi connectivity index (χ0) is 11.9. The van der Waals surface area contributed by atoms with Gasteiger partial charge in [-0.3, -0.25) is 0 Å². The van der Waals surface area contributed by atoms with Gasteiger partial charge in [0, 0.05) is 18.0 Å². The van der Waals surface area contributed by atoms with Crippen molar-refractivity contribution in [2.45, 2.75) is 18.6 Å². The lowest BCUT2D eigenvalue weighted by Gasteiger charge is -2.24. The first-order chi connectivity index (χ1) is 7.39. The van der Waals surface area contributed by atoms with Gasteiger partial charge in [0.1, 0.15) is 5.75 Å². The molecule has 0 saturated heterocycles. The van der Waals surface area contributed by atoms with Crippen molar-refractivity contribution in [2.24, 2.45) is 5.73 Å². The summed E-state index contributed by atoms with van der Waals surface area (Å²) in [7, 11) is 0. The Balaban J connectivity index is 2.54. The Bertz CT molecular complexity index is 419. The highest BCUT2D eigenvalue weighted by Crippen LogP contribution is 2.41. The van der Waals surface area contributed by atoms with E-state index in [1.807, 2.05) is 0 Å². The van der Waals surface area contributed by atoms with E-state index in [1.165, 1.54) is 6.07 Å². The molecule has 2 nitrogen and oxygen atoms in total. The van der Waals surface area contributed by atoms with Crippen molar-refractivity contribution in [2.75, 3.05) is 6.61 Å². The number of ether oxygens (including phenoxy) is 1. The summed E-state index contributed by atoms with van der Waals surface area (Å²) in [4.78, 5) is 0. The number of nitrogens with two attached hydrogens (primary N) is 1. The van der Waals surface area contributed by atoms with Gasteiger partial charge in [-0.2, -0.15) is 13.2 Å². The van der Waals surface area contributed by atoms with E-state index >= 15 is 0 Å². The van der Waals surface area contributed by atoms with Crippen molar-refractivity contribution < 1.29 is 17.9 Å². The van der Waals surface area contributed by atoms with E-state index < -0.39 is 17.8 Å². The molecule has 1 aromatic rings. The average Bonchev–Trinajstić information content (AvgIpc) is 2.15. The molecule has 0 spiro atoms. The van der Waals surface area contributed by atoms with Gasteiger partial charge in [0.05, 0.1) is 17.2 Å². The summed E-state index contributed by atoms with van der Waals surface area (Å²) in [6.07, 6.45) is -3.96. The van der Waals surface area contributed by atoms with Crippen molar-refractivity contribution >= 4 is 11.6 Å². The Morgan fingerprint density at radius 2 is 2.06 bits per heavy atom. The van der Waals surface area contributed by atoms with Crippen LogP contribution in [0.4, 0.5) is 13.2 Å². The van der Waals surface area contributed by atoms with Crippen molar-refractivity contribution in [3.63, 3.8) is 0 Å². The van der Waals surface area contributed by atoms with Gasteiger partial charge in [0.2, 0.25) is 0 Å². The van der Waals surface area contributed by atoms with Crippen molar-refractivity contribution in [3.05, 3.63) is 28.3 Å². The molecule has 0 aliphatic carbocycles. The van der Waals surface area contributed by atoms with Gasteiger partial charge in [-0.1, -0.05) is 11.6 Å². The molecule has 1 heterocycles. The molecular weight excluding hydrogens is 243 g/mol. The highest BCUT2D eigenvalue weighted by Gasteiger charge is 2.35. The van der Waals surface area contributed by atoms with Crippen LogP contribution in [0, 0.1) is 0 Å². The van der Waals surface area contributed by atoms with Crippen molar-refractivity contribution in [1.82, 2.24) is 0 Å². The molecule has 1 aliphatic rings. The first-order valence-corrected chi connectivity index (χ1v) is 5.06. The minimum Gasteiger partial charge on any atom is -0.493 e. The van der Waals surface area contributed by atoms with Gasteiger partial charge in [-0.15, -0.1) is 0 Å². The Morgan fingerprint density at radius 1 is 1.38 bits per heavy atom. The van der Waals surface area contributed by atoms with Crippen LogP contribution in [0.2, 0.25) is 5.02 Å². The molecule has 2 N–H and O–H groups in total. The summed E-state index contributed by atoms with van der Waals surface area (Å²) in [5.74, 6) is 0.344. The van der Waals surface area contributed by atoms with Crippen molar-refractivity contribution in [3.8, 4) is 5.75 Å². The van der Waals surface area contributed by atoms with Crippen LogP contribution >= 0.6 is 11.6 Å². The molecule has 0 bridgehead atoms. The monoisotopic (exact) mass is 251 g/mol. The SMILES string of the molecule is N[C@@H]1CCOc2cc(Cl)c(C(F)(F)F)cc21. The minimum atomic E-state index is -4.47. The predicted molar refractivity (Wildman–Crippen MR) is 53.5 cm³/mol. The third-order valence-electron chi connectivity index (χ3n) is 2.49. The first kappa shape index (κ1) is 11.5. The fourth-order valence-corrected chi connectivity index (χ4v) is 1.92. The fraction of sp³-hybridized carbons (Fsp3) is 0.400. The molecule has 1 aromatic carbocycles. The van der Waals surface area contributed by atoms with Crippen LogP contribution in [0.5, 0.6) is 5.75 Å². The van der Waals surface area contributed by atoms with E-state index in [0.717, 1.165) is 6.07 Å². The van der Waals surface area contributed by atoms with E-state index in [2.05, 4.69) is 0 Å². The van der Waals surface area contributed by atoms with Crippen LogP contribution in [-0.2, 0) is 6.18 Å². The molecule has 88 valence electrons. The predicted octanol–water partition coefficient (Wildman–Crippen LogP) is 3.14. The third-order valence-corrected chi connectivity index (χ3v) is 2.80. The fourth-order valence-electron chi connectivity index (χ4n) is 1.66. The Morgan fingerprint density at radius 3 is 2.69 bits per heavy atom. The van der Waals surface area contributed by atoms with Crippen LogP contribution in [0.1, 0.15) is 23.6 Å². The summed E-state index contributed by atoms with van der Waals surface area (Å²) >= 11 is 5.55. The third kappa shape index (κ3) is 1.97. The number of halogens is 4. The number of hydrogen-bond donors (Lipinski definition) is 1. The summed E-state index contributed by atoms with van der Waals surface area (Å²) in [5, 5.41) is -0.361. The lowest BCUT2D eigenvalue weighted by Crippen LogP contribution is -2.21. The smallest absolute Gasteiger partial charge is 0.417 e. The summed E-state index contributed by atoms with van der Waals surface area (Å²) in [5.41, 5.74) is 5.22. The van der Waals surface area contributed by atoms with Crippen LogP contribution in [0.3, 0.4) is 0 Å². The molecule has 1 aliphatic heterocycles. The Labute approximate surface area is 95.1 Å². The van der Waals surface area contributed by atoms with Crippen LogP contribution in [-0.4, -0.2) is 6.61 Å². The molecular formula is C10H9ClF3NO. The lowest BCUT2D eigenvalue weighted by atomic mass is 9.99. The maximum Gasteiger partial charge on any atom is 0.417 e. The van der Waals surface area contributed by atoms with E-state index in [0.29, 0.717) is 24.3 Å². The molecule has 0 radical (unpaired) electrons. The second kappa shape index (κ2) is 3.82. The Hall–Kier alpha value is -0.940. The second-order valence-corrected chi connectivity index (χ2v) is 4.02. The maximum atomic E-state index is 12.6. The number of alkyl halides is 3. The minimum absolute atomic E-state index is 0.344. The van der Waals surface area contributed by atoms with Crippen LogP contribution in [0.25, 0.3) is 0 Å². The number of rotatable bonds is 0. The van der Waals surface area contributed by atoms with E-state index in [4.69, 9.17) is 22.1 Å². The van der Waals surface area contributed by atoms with E-state index in [9.17, 15) is 13.2 Å². The van der Waals surface area contributed by atoms with E-state index in [-0.39, 0.29) is 5.02 Å². The largest absolute Gasteiger partial charge is 0.493 e. The van der Waals surface area contributed by atoms with Gasteiger partial charge in [-0.25, -0.2) is 0 Å². The molecule has 16 heavy (non-hydrogen) atoms. The van der Waals surface area contributed by atoms with Gasteiger partial charge >= 0.3 is 6.18 Å². The topological polar surface area (TPSA) is 35.2 Å². The standard InChI is InChI=1S/C10H9ClF3NO/c11-7-4-9-5(8(15)1-2-16-9)3-6(7)10(12,13)14/h3-4,8H,1-2,15H2/t8-/m1/s1. The molecule has 0 unspecified atom stereocenters. The molecule has 2 rings (SSSR count). The number of hydrogen-bond acceptors (Lipinski definition) is 2. The summed E-state index contributed by atoms with van der Waals surface area (Å²) in [6.45, 7) is 0.399. The number of fused-ring (bicyclic) bond motifs is 1. The van der Waals surface area contributed by atoms with Gasteiger partial charge in [-0.05, 0) is 12.1 Å². The lowest BCUT2D eigenvalue weighted by molar-refractivity contribution is -0.137. The van der Waals surface area contributed by atoms with Crippen molar-refractivity contribution in [1.29, 1.82) is 0 Å². The van der Waals surface area contributed by atoms with Crippen LogP contribution in [0.15, 0.2) is 12.1 Å². The second-order valence-electron chi connectivity index (χ2n) is 3.61. The van der Waals surface area contributed by atoms with Crippen LogP contribution < -0.4 is 10.5 Å². The molecule has 0 aromatic heterocycles. The summed E-state index contributed by atoms with van der Waals surface area (Å²) in [6, 6.07) is 1.72. The zero-order valence-corrected chi connectivity index (χ0v) is 8.90. The summed E-state index contributed by atoms with van der Waals surface area (Å²) < 4.78 is 42.9. The number of benzene rings is 1. The normalized spacial score (nSPS) is 20.2. The molecule has 0 fully saturated rings. The van der Waals surface area contributed by atoms with Gasteiger partial charge in [0.25, 0.3) is 0 Å². The highest BCUT2D eigenvalue weighted by molar-refractivity contribution is 6.31. The molecule has 1 atom stereocenters. The first-order valence-electron chi connectivity index (χ1n) is 4.68. The van der Waals surface area contributed by atoms with Gasteiger partial charge in [0.15, 0.2) is 0 Å².